The SMILES string of the molecule is C[C@H](Cn1cccn1)NC[C@H](O)c1ccc(OC(F)(F)F)cc1. The first-order valence-electron chi connectivity index (χ1n) is 7.08. The highest BCUT2D eigenvalue weighted by atomic mass is 19.4. The zero-order valence-corrected chi connectivity index (χ0v) is 12.5. The molecule has 0 bridgehead atoms. The molecule has 0 unspecified atom stereocenters. The Labute approximate surface area is 131 Å². The van der Waals surface area contributed by atoms with Gasteiger partial charge in [-0.25, -0.2) is 0 Å². The summed E-state index contributed by atoms with van der Waals surface area (Å²) in [5.74, 6) is -0.312. The van der Waals surface area contributed by atoms with Crippen LogP contribution in [-0.4, -0.2) is 33.8 Å². The monoisotopic (exact) mass is 329 g/mol. The van der Waals surface area contributed by atoms with Gasteiger partial charge in [-0.3, -0.25) is 4.68 Å². The molecular formula is C15H18F3N3O2. The van der Waals surface area contributed by atoms with Crippen LogP contribution in [0.15, 0.2) is 42.7 Å². The summed E-state index contributed by atoms with van der Waals surface area (Å²) in [5.41, 5.74) is 0.512. The van der Waals surface area contributed by atoms with Crippen LogP contribution in [0.4, 0.5) is 13.2 Å². The van der Waals surface area contributed by atoms with Gasteiger partial charge in [0.15, 0.2) is 0 Å². The Morgan fingerprint density at radius 2 is 2.00 bits per heavy atom. The van der Waals surface area contributed by atoms with Crippen molar-refractivity contribution in [3.8, 4) is 5.75 Å². The lowest BCUT2D eigenvalue weighted by Crippen LogP contribution is -2.33. The number of aromatic nitrogens is 2. The van der Waals surface area contributed by atoms with Gasteiger partial charge in [0.1, 0.15) is 5.75 Å². The number of aliphatic hydroxyl groups excluding tert-OH is 1. The standard InChI is InChI=1S/C15H18F3N3O2/c1-11(10-21-8-2-7-20-21)19-9-14(22)12-3-5-13(6-4-12)23-15(16,17)18/h2-8,11,14,19,22H,9-10H2,1H3/t11-,14+/m1/s1. The fourth-order valence-corrected chi connectivity index (χ4v) is 2.08. The van der Waals surface area contributed by atoms with Gasteiger partial charge in [-0.05, 0) is 30.7 Å². The Kier molecular flexibility index (Phi) is 5.62. The first kappa shape index (κ1) is 17.3. The van der Waals surface area contributed by atoms with E-state index in [9.17, 15) is 18.3 Å². The lowest BCUT2D eigenvalue weighted by atomic mass is 10.1. The number of alkyl halides is 3. The predicted molar refractivity (Wildman–Crippen MR) is 77.8 cm³/mol. The maximum absolute atomic E-state index is 12.1. The molecule has 2 rings (SSSR count). The fourth-order valence-electron chi connectivity index (χ4n) is 2.08. The number of hydrogen-bond donors (Lipinski definition) is 2. The van der Waals surface area contributed by atoms with Crippen LogP contribution < -0.4 is 10.1 Å². The number of hydrogen-bond acceptors (Lipinski definition) is 4. The van der Waals surface area contributed by atoms with Crippen LogP contribution in [0.3, 0.4) is 0 Å². The normalized spacial score (nSPS) is 14.5. The third kappa shape index (κ3) is 5.91. The lowest BCUT2D eigenvalue weighted by Gasteiger charge is -2.18. The molecule has 2 aromatic rings. The molecule has 1 aromatic carbocycles. The molecule has 0 aliphatic rings. The first-order valence-corrected chi connectivity index (χ1v) is 7.08. The van der Waals surface area contributed by atoms with Crippen molar-refractivity contribution in [3.05, 3.63) is 48.3 Å². The summed E-state index contributed by atoms with van der Waals surface area (Å²) in [6.07, 6.45) is -2.01. The topological polar surface area (TPSA) is 59.3 Å². The van der Waals surface area contributed by atoms with E-state index in [1.807, 2.05) is 19.2 Å². The number of ether oxygens (including phenoxy) is 1. The minimum Gasteiger partial charge on any atom is -0.406 e. The lowest BCUT2D eigenvalue weighted by molar-refractivity contribution is -0.274. The van der Waals surface area contributed by atoms with Crippen LogP contribution in [0.5, 0.6) is 5.75 Å². The first-order chi connectivity index (χ1) is 10.8. The second-order valence-corrected chi connectivity index (χ2v) is 5.17. The maximum Gasteiger partial charge on any atom is 0.573 e. The molecule has 1 aromatic heterocycles. The molecule has 0 amide bonds. The predicted octanol–water partition coefficient (Wildman–Crippen LogP) is 2.49. The number of aliphatic hydroxyl groups is 1. The van der Waals surface area contributed by atoms with Crippen molar-refractivity contribution >= 4 is 0 Å². The Bertz CT molecular complexity index is 585. The van der Waals surface area contributed by atoms with E-state index in [0.717, 1.165) is 0 Å². The molecule has 0 spiro atoms. The molecule has 1 heterocycles. The third-order valence-corrected chi connectivity index (χ3v) is 3.18. The molecule has 0 saturated carbocycles. The highest BCUT2D eigenvalue weighted by Gasteiger charge is 2.31. The number of nitrogens with zero attached hydrogens (tertiary/aromatic N) is 2. The zero-order valence-electron chi connectivity index (χ0n) is 12.5. The van der Waals surface area contributed by atoms with Gasteiger partial charge >= 0.3 is 6.36 Å². The third-order valence-electron chi connectivity index (χ3n) is 3.18. The Morgan fingerprint density at radius 3 is 2.57 bits per heavy atom. The molecule has 0 aliphatic carbocycles. The molecule has 0 saturated heterocycles. The molecule has 23 heavy (non-hydrogen) atoms. The van der Waals surface area contributed by atoms with E-state index in [1.54, 1.807) is 10.9 Å². The zero-order chi connectivity index (χ0) is 16.9. The van der Waals surface area contributed by atoms with Crippen molar-refractivity contribution in [2.75, 3.05) is 6.54 Å². The summed E-state index contributed by atoms with van der Waals surface area (Å²) in [6, 6.07) is 7.08. The van der Waals surface area contributed by atoms with E-state index in [1.165, 1.54) is 24.3 Å². The van der Waals surface area contributed by atoms with E-state index < -0.39 is 12.5 Å². The van der Waals surface area contributed by atoms with Crippen molar-refractivity contribution in [1.29, 1.82) is 0 Å². The fraction of sp³-hybridized carbons (Fsp3) is 0.400. The van der Waals surface area contributed by atoms with Crippen molar-refractivity contribution in [1.82, 2.24) is 15.1 Å². The van der Waals surface area contributed by atoms with E-state index in [2.05, 4.69) is 15.2 Å². The van der Waals surface area contributed by atoms with E-state index in [4.69, 9.17) is 0 Å². The molecule has 2 atom stereocenters. The largest absolute Gasteiger partial charge is 0.573 e. The van der Waals surface area contributed by atoms with E-state index in [-0.39, 0.29) is 18.3 Å². The number of halogens is 3. The average Bonchev–Trinajstić information content (AvgIpc) is 2.97. The molecule has 0 aliphatic heterocycles. The van der Waals surface area contributed by atoms with Crippen LogP contribution in [0, 0.1) is 0 Å². The number of nitrogens with one attached hydrogen (secondary N) is 1. The van der Waals surface area contributed by atoms with Crippen molar-refractivity contribution in [3.63, 3.8) is 0 Å². The van der Waals surface area contributed by atoms with Gasteiger partial charge in [-0.2, -0.15) is 5.10 Å². The van der Waals surface area contributed by atoms with Crippen LogP contribution in [-0.2, 0) is 6.54 Å². The summed E-state index contributed by atoms with van der Waals surface area (Å²) < 4.78 is 41.8. The Morgan fingerprint density at radius 1 is 1.30 bits per heavy atom. The second-order valence-electron chi connectivity index (χ2n) is 5.17. The van der Waals surface area contributed by atoms with Gasteiger partial charge < -0.3 is 15.2 Å². The molecule has 8 heteroatoms. The maximum atomic E-state index is 12.1. The van der Waals surface area contributed by atoms with Crippen LogP contribution in [0.25, 0.3) is 0 Å². The summed E-state index contributed by atoms with van der Waals surface area (Å²) in [5, 5.41) is 17.3. The molecule has 2 N–H and O–H groups in total. The number of benzene rings is 1. The van der Waals surface area contributed by atoms with Crippen molar-refractivity contribution < 1.29 is 23.0 Å². The van der Waals surface area contributed by atoms with Crippen LogP contribution in [0.2, 0.25) is 0 Å². The molecular weight excluding hydrogens is 311 g/mol. The minimum absolute atomic E-state index is 0.0809. The van der Waals surface area contributed by atoms with Crippen molar-refractivity contribution in [2.24, 2.45) is 0 Å². The average molecular weight is 329 g/mol. The van der Waals surface area contributed by atoms with Gasteiger partial charge in [0.05, 0.1) is 12.6 Å². The summed E-state index contributed by atoms with van der Waals surface area (Å²) in [7, 11) is 0. The van der Waals surface area contributed by atoms with E-state index in [0.29, 0.717) is 12.1 Å². The van der Waals surface area contributed by atoms with Gasteiger partial charge in [-0.1, -0.05) is 12.1 Å². The summed E-state index contributed by atoms with van der Waals surface area (Å²) in [6.45, 7) is 2.88. The van der Waals surface area contributed by atoms with Gasteiger partial charge in [0, 0.05) is 25.0 Å². The Hall–Kier alpha value is -2.06. The highest BCUT2D eigenvalue weighted by molar-refractivity contribution is 5.28. The van der Waals surface area contributed by atoms with Crippen LogP contribution >= 0.6 is 0 Å². The van der Waals surface area contributed by atoms with Gasteiger partial charge in [0.2, 0.25) is 0 Å². The second kappa shape index (κ2) is 7.47. The molecule has 5 nitrogen and oxygen atoms in total. The minimum atomic E-state index is -4.72. The van der Waals surface area contributed by atoms with Crippen molar-refractivity contribution in [2.45, 2.75) is 32.0 Å². The molecule has 126 valence electrons. The van der Waals surface area contributed by atoms with Gasteiger partial charge in [-0.15, -0.1) is 13.2 Å². The quantitative estimate of drug-likeness (QED) is 0.819. The van der Waals surface area contributed by atoms with E-state index >= 15 is 0 Å². The van der Waals surface area contributed by atoms with Crippen LogP contribution in [0.1, 0.15) is 18.6 Å². The molecule has 0 fully saturated rings. The van der Waals surface area contributed by atoms with Gasteiger partial charge in [0.25, 0.3) is 0 Å². The molecule has 0 radical (unpaired) electrons. The Balaban J connectivity index is 1.82. The highest BCUT2D eigenvalue weighted by Crippen LogP contribution is 2.24. The summed E-state index contributed by atoms with van der Waals surface area (Å²) >= 11 is 0. The number of rotatable bonds is 7. The summed E-state index contributed by atoms with van der Waals surface area (Å²) in [4.78, 5) is 0. The smallest absolute Gasteiger partial charge is 0.406 e.